The van der Waals surface area contributed by atoms with E-state index in [0.29, 0.717) is 18.0 Å². The highest BCUT2D eigenvalue weighted by Gasteiger charge is 2.13. The van der Waals surface area contributed by atoms with E-state index in [9.17, 15) is 4.79 Å². The average Bonchev–Trinajstić information content (AvgIpc) is 2.85. The smallest absolute Gasteiger partial charge is 0.260 e. The van der Waals surface area contributed by atoms with E-state index in [1.165, 1.54) is 5.69 Å². The normalized spacial score (nSPS) is 13.5. The van der Waals surface area contributed by atoms with Crippen molar-refractivity contribution in [2.45, 2.75) is 6.54 Å². The van der Waals surface area contributed by atoms with E-state index in [2.05, 4.69) is 29.2 Å². The molecule has 1 fully saturated rings. The molecular formula is C26H28N2O4. The molecule has 6 heteroatoms. The maximum atomic E-state index is 12.5. The lowest BCUT2D eigenvalue weighted by Gasteiger charge is -2.29. The van der Waals surface area contributed by atoms with E-state index < -0.39 is 0 Å². The summed E-state index contributed by atoms with van der Waals surface area (Å²) in [7, 11) is 1.79. The minimum absolute atomic E-state index is 0.0126. The van der Waals surface area contributed by atoms with Crippen molar-refractivity contribution in [3.63, 3.8) is 0 Å². The first kappa shape index (κ1) is 21.7. The molecule has 0 atom stereocenters. The monoisotopic (exact) mass is 432 g/mol. The molecule has 0 unspecified atom stereocenters. The Balaban J connectivity index is 1.24. The first-order valence-corrected chi connectivity index (χ1v) is 10.8. The molecule has 166 valence electrons. The number of benzene rings is 3. The standard InChI is InChI=1S/C26H28N2O4/c1-27(19-21-7-9-22(10-8-21)28-15-17-30-18-16-28)26(29)20-31-23-11-13-25(14-12-23)32-24-5-3-2-4-6-24/h2-14H,15-20H2,1H3. The number of hydrogen-bond acceptors (Lipinski definition) is 5. The van der Waals surface area contributed by atoms with Crippen LogP contribution in [-0.2, 0) is 16.1 Å². The maximum absolute atomic E-state index is 12.5. The summed E-state index contributed by atoms with van der Waals surface area (Å²) in [4.78, 5) is 16.5. The van der Waals surface area contributed by atoms with Crippen LogP contribution in [0.15, 0.2) is 78.9 Å². The number of hydrogen-bond donors (Lipinski definition) is 0. The summed E-state index contributed by atoms with van der Waals surface area (Å²) in [5.74, 6) is 2.04. The van der Waals surface area contributed by atoms with Crippen molar-refractivity contribution in [2.75, 3.05) is 44.9 Å². The van der Waals surface area contributed by atoms with Gasteiger partial charge in [0.1, 0.15) is 17.2 Å². The van der Waals surface area contributed by atoms with Gasteiger partial charge in [0, 0.05) is 32.4 Å². The van der Waals surface area contributed by atoms with Gasteiger partial charge >= 0.3 is 0 Å². The van der Waals surface area contributed by atoms with E-state index in [1.54, 1.807) is 24.1 Å². The lowest BCUT2D eigenvalue weighted by molar-refractivity contribution is -0.132. The largest absolute Gasteiger partial charge is 0.484 e. The summed E-state index contributed by atoms with van der Waals surface area (Å²) in [6.07, 6.45) is 0. The van der Waals surface area contributed by atoms with Crippen molar-refractivity contribution in [1.82, 2.24) is 4.90 Å². The topological polar surface area (TPSA) is 51.2 Å². The van der Waals surface area contributed by atoms with Gasteiger partial charge in [0.15, 0.2) is 6.61 Å². The van der Waals surface area contributed by atoms with Crippen LogP contribution >= 0.6 is 0 Å². The minimum Gasteiger partial charge on any atom is -0.484 e. The second-order valence-electron chi connectivity index (χ2n) is 7.69. The van der Waals surface area contributed by atoms with E-state index in [1.807, 2.05) is 42.5 Å². The average molecular weight is 433 g/mol. The van der Waals surface area contributed by atoms with Crippen molar-refractivity contribution in [2.24, 2.45) is 0 Å². The highest BCUT2D eigenvalue weighted by atomic mass is 16.5. The fourth-order valence-electron chi connectivity index (χ4n) is 3.48. The number of morpholine rings is 1. The molecule has 0 radical (unpaired) electrons. The lowest BCUT2D eigenvalue weighted by Crippen LogP contribution is -2.36. The van der Waals surface area contributed by atoms with Crippen molar-refractivity contribution >= 4 is 11.6 Å². The van der Waals surface area contributed by atoms with Crippen molar-refractivity contribution in [1.29, 1.82) is 0 Å². The van der Waals surface area contributed by atoms with Gasteiger partial charge in [-0.1, -0.05) is 30.3 Å². The van der Waals surface area contributed by atoms with E-state index in [-0.39, 0.29) is 12.5 Å². The molecule has 1 amide bonds. The fraction of sp³-hybridized carbons (Fsp3) is 0.269. The molecule has 4 rings (SSSR count). The Hall–Kier alpha value is -3.51. The van der Waals surface area contributed by atoms with Gasteiger partial charge in [0.25, 0.3) is 5.91 Å². The number of anilines is 1. The highest BCUT2D eigenvalue weighted by Crippen LogP contribution is 2.23. The highest BCUT2D eigenvalue weighted by molar-refractivity contribution is 5.77. The lowest BCUT2D eigenvalue weighted by atomic mass is 10.1. The summed E-state index contributed by atoms with van der Waals surface area (Å²) in [5.41, 5.74) is 2.27. The molecule has 3 aromatic rings. The zero-order chi connectivity index (χ0) is 22.2. The first-order valence-electron chi connectivity index (χ1n) is 10.8. The number of carbonyl (C=O) groups is 1. The summed E-state index contributed by atoms with van der Waals surface area (Å²) < 4.78 is 16.8. The van der Waals surface area contributed by atoms with Crippen LogP contribution in [0, 0.1) is 0 Å². The minimum atomic E-state index is -0.0770. The number of rotatable bonds is 8. The number of ether oxygens (including phenoxy) is 3. The van der Waals surface area contributed by atoms with E-state index >= 15 is 0 Å². The van der Waals surface area contributed by atoms with Crippen LogP contribution in [-0.4, -0.2) is 50.8 Å². The Kier molecular flexibility index (Phi) is 7.25. The maximum Gasteiger partial charge on any atom is 0.260 e. The molecule has 0 aromatic heterocycles. The third-order valence-corrected chi connectivity index (χ3v) is 5.32. The summed E-state index contributed by atoms with van der Waals surface area (Å²) in [6.45, 7) is 3.88. The number of likely N-dealkylation sites (N-methyl/N-ethyl adjacent to an activating group) is 1. The molecule has 0 N–H and O–H groups in total. The predicted molar refractivity (Wildman–Crippen MR) is 124 cm³/mol. The van der Waals surface area contributed by atoms with Crippen LogP contribution in [0.4, 0.5) is 5.69 Å². The van der Waals surface area contributed by atoms with E-state index in [4.69, 9.17) is 14.2 Å². The van der Waals surface area contributed by atoms with Gasteiger partial charge < -0.3 is 24.0 Å². The zero-order valence-corrected chi connectivity index (χ0v) is 18.3. The second-order valence-corrected chi connectivity index (χ2v) is 7.69. The Bertz CT molecular complexity index is 985. The van der Waals surface area contributed by atoms with Gasteiger partial charge in [-0.05, 0) is 54.1 Å². The molecule has 1 saturated heterocycles. The predicted octanol–water partition coefficient (Wildman–Crippen LogP) is 4.35. The summed E-state index contributed by atoms with van der Waals surface area (Å²) in [5, 5.41) is 0. The Morgan fingerprint density at radius 2 is 1.50 bits per heavy atom. The molecule has 1 aliphatic rings. The SMILES string of the molecule is CN(Cc1ccc(N2CCOCC2)cc1)C(=O)COc1ccc(Oc2ccccc2)cc1. The molecule has 0 spiro atoms. The molecule has 6 nitrogen and oxygen atoms in total. The first-order chi connectivity index (χ1) is 15.7. The van der Waals surface area contributed by atoms with Crippen molar-refractivity contribution in [3.8, 4) is 17.2 Å². The van der Waals surface area contributed by atoms with Crippen LogP contribution in [0.5, 0.6) is 17.2 Å². The van der Waals surface area contributed by atoms with Gasteiger partial charge in [-0.15, -0.1) is 0 Å². The quantitative estimate of drug-likeness (QED) is 0.530. The summed E-state index contributed by atoms with van der Waals surface area (Å²) >= 11 is 0. The third-order valence-electron chi connectivity index (χ3n) is 5.32. The Morgan fingerprint density at radius 3 is 2.19 bits per heavy atom. The van der Waals surface area contributed by atoms with Gasteiger partial charge in [-0.3, -0.25) is 4.79 Å². The third kappa shape index (κ3) is 6.02. The molecule has 0 aliphatic carbocycles. The summed E-state index contributed by atoms with van der Waals surface area (Å²) in [6, 6.07) is 25.2. The second kappa shape index (κ2) is 10.7. The number of nitrogens with zero attached hydrogens (tertiary/aromatic N) is 2. The van der Waals surface area contributed by atoms with Gasteiger partial charge in [0.2, 0.25) is 0 Å². The number of para-hydroxylation sites is 1. The molecule has 1 heterocycles. The molecular weight excluding hydrogens is 404 g/mol. The number of carbonyl (C=O) groups excluding carboxylic acids is 1. The molecule has 1 aliphatic heterocycles. The van der Waals surface area contributed by atoms with Crippen molar-refractivity contribution < 1.29 is 19.0 Å². The number of amides is 1. The molecule has 3 aromatic carbocycles. The zero-order valence-electron chi connectivity index (χ0n) is 18.3. The van der Waals surface area contributed by atoms with Crippen LogP contribution in [0.25, 0.3) is 0 Å². The van der Waals surface area contributed by atoms with Crippen LogP contribution in [0.2, 0.25) is 0 Å². The van der Waals surface area contributed by atoms with Gasteiger partial charge in [-0.2, -0.15) is 0 Å². The van der Waals surface area contributed by atoms with Crippen LogP contribution in [0.1, 0.15) is 5.56 Å². The van der Waals surface area contributed by atoms with Crippen molar-refractivity contribution in [3.05, 3.63) is 84.4 Å². The Labute approximate surface area is 188 Å². The molecule has 0 bridgehead atoms. The van der Waals surface area contributed by atoms with Crippen LogP contribution in [0.3, 0.4) is 0 Å². The van der Waals surface area contributed by atoms with Crippen LogP contribution < -0.4 is 14.4 Å². The molecule has 0 saturated carbocycles. The fourth-order valence-corrected chi connectivity index (χ4v) is 3.48. The molecule has 32 heavy (non-hydrogen) atoms. The van der Waals surface area contributed by atoms with Gasteiger partial charge in [0.05, 0.1) is 13.2 Å². The Morgan fingerprint density at radius 1 is 0.875 bits per heavy atom. The van der Waals surface area contributed by atoms with E-state index in [0.717, 1.165) is 37.6 Å². The van der Waals surface area contributed by atoms with Gasteiger partial charge in [-0.25, -0.2) is 0 Å².